The van der Waals surface area contributed by atoms with Crippen LogP contribution in [0.5, 0.6) is 0 Å². The van der Waals surface area contributed by atoms with E-state index in [4.69, 9.17) is 0 Å². The third-order valence-electron chi connectivity index (χ3n) is 3.79. The maximum atomic E-state index is 13.0. The molecule has 1 aromatic rings. The molecule has 1 N–H and O–H groups in total. The van der Waals surface area contributed by atoms with Gasteiger partial charge in [-0.05, 0) is 58.8 Å². The Bertz CT molecular complexity index is 577. The van der Waals surface area contributed by atoms with E-state index in [2.05, 4.69) is 27.6 Å². The SMILES string of the molecule is CC1CCCC(CNS(=O)(=O)c2ccc(F)cc2Br)C1. The fourth-order valence-electron chi connectivity index (χ4n) is 2.74. The molecule has 0 saturated heterocycles. The molecule has 1 fully saturated rings. The zero-order valence-electron chi connectivity index (χ0n) is 11.4. The van der Waals surface area contributed by atoms with E-state index in [-0.39, 0.29) is 9.37 Å². The highest BCUT2D eigenvalue weighted by molar-refractivity contribution is 9.10. The van der Waals surface area contributed by atoms with Crippen LogP contribution in [0.1, 0.15) is 32.6 Å². The lowest BCUT2D eigenvalue weighted by Gasteiger charge is -2.26. The summed E-state index contributed by atoms with van der Waals surface area (Å²) in [7, 11) is -3.59. The van der Waals surface area contributed by atoms with E-state index in [1.807, 2.05) is 0 Å². The Morgan fingerprint density at radius 3 is 2.80 bits per heavy atom. The van der Waals surface area contributed by atoms with Crippen molar-refractivity contribution >= 4 is 26.0 Å². The number of nitrogens with one attached hydrogen (secondary N) is 1. The third-order valence-corrected chi connectivity index (χ3v) is 6.19. The predicted octanol–water partition coefficient (Wildman–Crippen LogP) is 3.69. The van der Waals surface area contributed by atoms with Crippen LogP contribution in [0, 0.1) is 17.7 Å². The number of rotatable bonds is 4. The highest BCUT2D eigenvalue weighted by Gasteiger charge is 2.23. The molecule has 1 saturated carbocycles. The molecule has 0 aliphatic heterocycles. The highest BCUT2D eigenvalue weighted by Crippen LogP contribution is 2.29. The van der Waals surface area contributed by atoms with Gasteiger partial charge in [-0.2, -0.15) is 0 Å². The first-order chi connectivity index (χ1) is 9.38. The molecular formula is C14H19BrFNO2S. The molecule has 1 aromatic carbocycles. The Labute approximate surface area is 128 Å². The Balaban J connectivity index is 2.03. The summed E-state index contributed by atoms with van der Waals surface area (Å²) in [6.45, 7) is 2.66. The number of hydrogen-bond donors (Lipinski definition) is 1. The van der Waals surface area contributed by atoms with Crippen molar-refractivity contribution in [1.29, 1.82) is 0 Å². The molecular weight excluding hydrogens is 345 g/mol. The summed E-state index contributed by atoms with van der Waals surface area (Å²) in [5.74, 6) is 0.598. The van der Waals surface area contributed by atoms with E-state index in [1.165, 1.54) is 12.5 Å². The summed E-state index contributed by atoms with van der Waals surface area (Å²) in [4.78, 5) is 0.0859. The van der Waals surface area contributed by atoms with Crippen LogP contribution in [-0.2, 0) is 10.0 Å². The smallest absolute Gasteiger partial charge is 0.211 e. The second-order valence-corrected chi connectivity index (χ2v) is 8.15. The standard InChI is InChI=1S/C14H19BrFNO2S/c1-10-3-2-4-11(7-10)9-17-20(18,19)14-6-5-12(16)8-13(14)15/h5-6,8,10-11,17H,2-4,7,9H2,1H3. The van der Waals surface area contributed by atoms with Crippen molar-refractivity contribution in [3.63, 3.8) is 0 Å². The Morgan fingerprint density at radius 1 is 1.40 bits per heavy atom. The average Bonchev–Trinajstić information content (AvgIpc) is 2.36. The van der Waals surface area contributed by atoms with Crippen LogP contribution in [0.4, 0.5) is 4.39 Å². The largest absolute Gasteiger partial charge is 0.241 e. The van der Waals surface area contributed by atoms with E-state index in [9.17, 15) is 12.8 Å². The third kappa shape index (κ3) is 4.02. The number of halogens is 2. The number of benzene rings is 1. The van der Waals surface area contributed by atoms with E-state index in [1.54, 1.807) is 0 Å². The van der Waals surface area contributed by atoms with E-state index >= 15 is 0 Å². The van der Waals surface area contributed by atoms with Crippen molar-refractivity contribution < 1.29 is 12.8 Å². The van der Waals surface area contributed by atoms with Gasteiger partial charge in [-0.1, -0.05) is 19.8 Å². The van der Waals surface area contributed by atoms with Crippen molar-refractivity contribution in [1.82, 2.24) is 4.72 Å². The number of sulfonamides is 1. The fourth-order valence-corrected chi connectivity index (χ4v) is 4.91. The first-order valence-corrected chi connectivity index (χ1v) is 9.11. The molecule has 6 heteroatoms. The van der Waals surface area contributed by atoms with Crippen molar-refractivity contribution in [2.45, 2.75) is 37.5 Å². The van der Waals surface area contributed by atoms with Gasteiger partial charge in [-0.15, -0.1) is 0 Å². The second-order valence-electron chi connectivity index (χ2n) is 5.56. The van der Waals surface area contributed by atoms with Gasteiger partial charge in [0.15, 0.2) is 0 Å². The van der Waals surface area contributed by atoms with Crippen LogP contribution in [-0.4, -0.2) is 15.0 Å². The Hall–Kier alpha value is -0.460. The zero-order chi connectivity index (χ0) is 14.8. The first kappa shape index (κ1) is 15.9. The maximum absolute atomic E-state index is 13.0. The minimum Gasteiger partial charge on any atom is -0.211 e. The minimum absolute atomic E-state index is 0.0859. The number of hydrogen-bond acceptors (Lipinski definition) is 2. The summed E-state index contributed by atoms with van der Waals surface area (Å²) in [5, 5.41) is 0. The Kier molecular flexibility index (Phi) is 5.20. The summed E-state index contributed by atoms with van der Waals surface area (Å²) >= 11 is 3.10. The summed E-state index contributed by atoms with van der Waals surface area (Å²) in [6, 6.07) is 3.60. The molecule has 2 atom stereocenters. The molecule has 2 unspecified atom stereocenters. The van der Waals surface area contributed by atoms with Crippen LogP contribution < -0.4 is 4.72 Å². The van der Waals surface area contributed by atoms with Gasteiger partial charge in [0.05, 0.1) is 4.90 Å². The van der Waals surface area contributed by atoms with E-state index in [0.717, 1.165) is 31.4 Å². The molecule has 112 valence electrons. The molecule has 0 spiro atoms. The van der Waals surface area contributed by atoms with E-state index < -0.39 is 15.8 Å². The molecule has 0 radical (unpaired) electrons. The van der Waals surface area contributed by atoms with Gasteiger partial charge in [0.1, 0.15) is 5.82 Å². The van der Waals surface area contributed by atoms with Crippen molar-refractivity contribution in [3.05, 3.63) is 28.5 Å². The van der Waals surface area contributed by atoms with Crippen LogP contribution >= 0.6 is 15.9 Å². The minimum atomic E-state index is -3.59. The zero-order valence-corrected chi connectivity index (χ0v) is 13.8. The summed E-state index contributed by atoms with van der Waals surface area (Å²) in [6.07, 6.45) is 4.52. The van der Waals surface area contributed by atoms with Crippen LogP contribution in [0.2, 0.25) is 0 Å². The first-order valence-electron chi connectivity index (χ1n) is 6.83. The van der Waals surface area contributed by atoms with Crippen LogP contribution in [0.15, 0.2) is 27.6 Å². The molecule has 0 heterocycles. The van der Waals surface area contributed by atoms with Crippen LogP contribution in [0.3, 0.4) is 0 Å². The van der Waals surface area contributed by atoms with E-state index in [0.29, 0.717) is 18.4 Å². The lowest BCUT2D eigenvalue weighted by Crippen LogP contribution is -2.31. The lowest BCUT2D eigenvalue weighted by atomic mass is 9.83. The monoisotopic (exact) mass is 363 g/mol. The van der Waals surface area contributed by atoms with Gasteiger partial charge in [-0.3, -0.25) is 0 Å². The molecule has 3 nitrogen and oxygen atoms in total. The molecule has 1 aliphatic carbocycles. The lowest BCUT2D eigenvalue weighted by molar-refractivity contribution is 0.283. The summed E-state index contributed by atoms with van der Waals surface area (Å²) in [5.41, 5.74) is 0. The predicted molar refractivity (Wildman–Crippen MR) is 80.4 cm³/mol. The molecule has 20 heavy (non-hydrogen) atoms. The van der Waals surface area contributed by atoms with Crippen molar-refractivity contribution in [3.8, 4) is 0 Å². The van der Waals surface area contributed by atoms with Gasteiger partial charge in [0.25, 0.3) is 0 Å². The Morgan fingerprint density at radius 2 is 2.15 bits per heavy atom. The molecule has 0 bridgehead atoms. The molecule has 0 amide bonds. The van der Waals surface area contributed by atoms with Crippen molar-refractivity contribution in [2.75, 3.05) is 6.54 Å². The van der Waals surface area contributed by atoms with Gasteiger partial charge < -0.3 is 0 Å². The van der Waals surface area contributed by atoms with Gasteiger partial charge >= 0.3 is 0 Å². The highest BCUT2D eigenvalue weighted by atomic mass is 79.9. The molecule has 2 rings (SSSR count). The van der Waals surface area contributed by atoms with Gasteiger partial charge in [-0.25, -0.2) is 17.5 Å². The fraction of sp³-hybridized carbons (Fsp3) is 0.571. The average molecular weight is 364 g/mol. The van der Waals surface area contributed by atoms with Crippen LogP contribution in [0.25, 0.3) is 0 Å². The maximum Gasteiger partial charge on any atom is 0.241 e. The second kappa shape index (κ2) is 6.54. The topological polar surface area (TPSA) is 46.2 Å². The normalized spacial score (nSPS) is 23.8. The molecule has 1 aliphatic rings. The quantitative estimate of drug-likeness (QED) is 0.886. The van der Waals surface area contributed by atoms with Gasteiger partial charge in [0.2, 0.25) is 10.0 Å². The summed E-state index contributed by atoms with van der Waals surface area (Å²) < 4.78 is 40.4. The molecule has 0 aromatic heterocycles. The van der Waals surface area contributed by atoms with Gasteiger partial charge in [0, 0.05) is 11.0 Å². The van der Waals surface area contributed by atoms with Crippen molar-refractivity contribution in [2.24, 2.45) is 11.8 Å².